The van der Waals surface area contributed by atoms with Crippen molar-refractivity contribution in [2.75, 3.05) is 0 Å². The second kappa shape index (κ2) is 13.9. The second-order valence-corrected chi connectivity index (χ2v) is 19.7. The Kier molecular flexibility index (Phi) is 8.02. The van der Waals surface area contributed by atoms with Crippen LogP contribution >= 0.6 is 0 Å². The molecule has 0 amide bonds. The highest BCUT2D eigenvalue weighted by Crippen LogP contribution is 2.41. The minimum absolute atomic E-state index is 0.882. The molecule has 12 aromatic rings. The monoisotopic (exact) mass is 797 g/mol. The van der Waals surface area contributed by atoms with Gasteiger partial charge in [-0.3, -0.25) is 4.57 Å². The molecule has 0 N–H and O–H groups in total. The van der Waals surface area contributed by atoms with Crippen molar-refractivity contribution in [3.63, 3.8) is 0 Å². The number of hydrogen-bond acceptors (Lipinski definition) is 2. The SMILES string of the molecule is Cn1c(-c2cccc([Si](c3ccccc3)(c3ccccc3)c3ccc4c5ccc6c7ccccc7n(-c7ccccc7)c6c5n(-c5ccccn5)c4c3)c2)nc2ccccc21. The number of imidazole rings is 1. The summed E-state index contributed by atoms with van der Waals surface area (Å²) in [5, 5.41) is 10.0. The molecule has 288 valence electrons. The quantitative estimate of drug-likeness (QED) is 0.119. The largest absolute Gasteiger partial charge is 0.327 e. The first-order valence-corrected chi connectivity index (χ1v) is 22.8. The van der Waals surface area contributed by atoms with Crippen LogP contribution in [0.15, 0.2) is 219 Å². The van der Waals surface area contributed by atoms with Gasteiger partial charge in [-0.2, -0.15) is 0 Å². The summed E-state index contributed by atoms with van der Waals surface area (Å²) in [5.41, 5.74) is 8.93. The van der Waals surface area contributed by atoms with E-state index < -0.39 is 8.07 Å². The van der Waals surface area contributed by atoms with Gasteiger partial charge in [-0.05, 0) is 69.3 Å². The van der Waals surface area contributed by atoms with Gasteiger partial charge < -0.3 is 9.13 Å². The van der Waals surface area contributed by atoms with Gasteiger partial charge in [0.25, 0.3) is 0 Å². The Bertz CT molecular complexity index is 3550. The van der Waals surface area contributed by atoms with Crippen LogP contribution in [0.4, 0.5) is 0 Å². The molecule has 0 saturated heterocycles. The van der Waals surface area contributed by atoms with E-state index in [0.29, 0.717) is 0 Å². The maximum Gasteiger partial charge on any atom is 0.179 e. The van der Waals surface area contributed by atoms with Crippen LogP contribution in [0.3, 0.4) is 0 Å². The van der Waals surface area contributed by atoms with E-state index in [9.17, 15) is 0 Å². The molecule has 0 spiro atoms. The zero-order valence-corrected chi connectivity index (χ0v) is 34.5. The normalized spacial score (nSPS) is 12.0. The van der Waals surface area contributed by atoms with Crippen molar-refractivity contribution < 1.29 is 0 Å². The first-order chi connectivity index (χ1) is 30.2. The molecule has 0 unspecified atom stereocenters. The van der Waals surface area contributed by atoms with Gasteiger partial charge in [0.15, 0.2) is 8.07 Å². The maximum absolute atomic E-state index is 5.17. The minimum Gasteiger partial charge on any atom is -0.327 e. The van der Waals surface area contributed by atoms with Crippen molar-refractivity contribution in [3.8, 4) is 22.9 Å². The van der Waals surface area contributed by atoms with E-state index in [1.54, 1.807) is 0 Å². The lowest BCUT2D eigenvalue weighted by Crippen LogP contribution is -2.74. The van der Waals surface area contributed by atoms with Gasteiger partial charge in [0.1, 0.15) is 11.6 Å². The highest BCUT2D eigenvalue weighted by Gasteiger charge is 2.42. The molecular formula is C55H39N5Si. The predicted octanol–water partition coefficient (Wildman–Crippen LogP) is 10.2. The smallest absolute Gasteiger partial charge is 0.179 e. The van der Waals surface area contributed by atoms with E-state index in [4.69, 9.17) is 9.97 Å². The molecule has 61 heavy (non-hydrogen) atoms. The first-order valence-electron chi connectivity index (χ1n) is 20.8. The topological polar surface area (TPSA) is 40.6 Å². The van der Waals surface area contributed by atoms with Crippen LogP contribution in [0.1, 0.15) is 0 Å². The number of pyridine rings is 1. The molecule has 0 atom stereocenters. The van der Waals surface area contributed by atoms with Crippen LogP contribution in [0.2, 0.25) is 0 Å². The Morgan fingerprint density at radius 1 is 0.410 bits per heavy atom. The van der Waals surface area contributed by atoms with Crippen molar-refractivity contribution in [1.82, 2.24) is 23.7 Å². The van der Waals surface area contributed by atoms with E-state index in [2.05, 4.69) is 227 Å². The Morgan fingerprint density at radius 3 is 1.69 bits per heavy atom. The molecule has 0 aliphatic rings. The Hall–Kier alpha value is -7.80. The second-order valence-electron chi connectivity index (χ2n) is 15.8. The Balaban J connectivity index is 1.22. The predicted molar refractivity (Wildman–Crippen MR) is 256 cm³/mol. The first kappa shape index (κ1) is 35.2. The third-order valence-electron chi connectivity index (χ3n) is 12.6. The van der Waals surface area contributed by atoms with E-state index in [-0.39, 0.29) is 0 Å². The van der Waals surface area contributed by atoms with Gasteiger partial charge in [0.2, 0.25) is 0 Å². The molecule has 4 aromatic heterocycles. The molecule has 8 aromatic carbocycles. The number of aromatic nitrogens is 5. The fourth-order valence-corrected chi connectivity index (χ4v) is 14.8. The molecular weight excluding hydrogens is 759 g/mol. The van der Waals surface area contributed by atoms with Gasteiger partial charge >= 0.3 is 0 Å². The lowest BCUT2D eigenvalue weighted by Gasteiger charge is -2.34. The molecule has 0 aliphatic carbocycles. The van der Waals surface area contributed by atoms with Crippen molar-refractivity contribution in [1.29, 1.82) is 0 Å². The number of aryl methyl sites for hydroxylation is 1. The Labute approximate surface area is 354 Å². The fraction of sp³-hybridized carbons (Fsp3) is 0.0182. The van der Waals surface area contributed by atoms with Gasteiger partial charge in [-0.1, -0.05) is 164 Å². The van der Waals surface area contributed by atoms with Crippen LogP contribution in [-0.2, 0) is 7.05 Å². The van der Waals surface area contributed by atoms with Gasteiger partial charge in [-0.15, -0.1) is 0 Å². The highest BCUT2D eigenvalue weighted by molar-refractivity contribution is 7.20. The van der Waals surface area contributed by atoms with Gasteiger partial charge in [-0.25, -0.2) is 9.97 Å². The molecule has 0 aliphatic heterocycles. The van der Waals surface area contributed by atoms with Crippen LogP contribution in [-0.4, -0.2) is 31.7 Å². The van der Waals surface area contributed by atoms with Crippen LogP contribution in [0.25, 0.3) is 77.5 Å². The average Bonchev–Trinajstić information content (AvgIpc) is 3.98. The zero-order valence-electron chi connectivity index (χ0n) is 33.5. The van der Waals surface area contributed by atoms with Crippen molar-refractivity contribution in [2.24, 2.45) is 7.05 Å². The average molecular weight is 798 g/mol. The number of rotatable bonds is 7. The van der Waals surface area contributed by atoms with Crippen molar-refractivity contribution in [2.45, 2.75) is 0 Å². The summed E-state index contributed by atoms with van der Waals surface area (Å²) in [7, 11) is -0.910. The highest BCUT2D eigenvalue weighted by atomic mass is 28.3. The molecule has 4 heterocycles. The summed E-state index contributed by atoms with van der Waals surface area (Å²) >= 11 is 0. The van der Waals surface area contributed by atoms with E-state index in [1.807, 2.05) is 12.3 Å². The summed E-state index contributed by atoms with van der Waals surface area (Å²) in [6.07, 6.45) is 1.91. The summed E-state index contributed by atoms with van der Waals surface area (Å²) in [6, 6.07) is 77.6. The molecule has 6 heteroatoms. The van der Waals surface area contributed by atoms with Gasteiger partial charge in [0.05, 0.1) is 33.1 Å². The Morgan fingerprint density at radius 2 is 0.984 bits per heavy atom. The maximum atomic E-state index is 5.17. The third-order valence-corrected chi connectivity index (χ3v) is 17.4. The molecule has 5 nitrogen and oxygen atoms in total. The lowest BCUT2D eigenvalue weighted by molar-refractivity contribution is 0.959. The lowest BCUT2D eigenvalue weighted by atomic mass is 10.1. The van der Waals surface area contributed by atoms with Crippen molar-refractivity contribution in [3.05, 3.63) is 219 Å². The van der Waals surface area contributed by atoms with Crippen LogP contribution < -0.4 is 20.7 Å². The van der Waals surface area contributed by atoms with Crippen LogP contribution in [0, 0.1) is 0 Å². The molecule has 0 fully saturated rings. The van der Waals surface area contributed by atoms with E-state index >= 15 is 0 Å². The number of para-hydroxylation sites is 4. The number of hydrogen-bond donors (Lipinski definition) is 0. The standard InChI is InChI=1S/C55H39N5Si/c1-58-50-29-14-12-27-48(50)57-55(58)38-18-17-25-42(36-38)61(40-21-7-3-8-22-40,41-23-9-4-10-24-41)43-31-32-45-47-34-33-46-44-26-11-13-28-49(44)59(39-19-5-2-6-20-39)53(46)54(47)60(51(45)37-43)52-30-15-16-35-56-52/h2-37H,1H3. The molecule has 0 radical (unpaired) electrons. The summed E-state index contributed by atoms with van der Waals surface area (Å²) in [6.45, 7) is 0. The number of benzene rings is 8. The molecule has 0 saturated carbocycles. The molecule has 12 rings (SSSR count). The van der Waals surface area contributed by atoms with Gasteiger partial charge in [0, 0.05) is 46.0 Å². The molecule has 0 bridgehead atoms. The number of fused-ring (bicyclic) bond motifs is 8. The fourth-order valence-electron chi connectivity index (χ4n) is 10.0. The van der Waals surface area contributed by atoms with Crippen molar-refractivity contribution >= 4 is 83.5 Å². The zero-order chi connectivity index (χ0) is 40.5. The summed E-state index contributed by atoms with van der Waals surface area (Å²) in [4.78, 5) is 10.2. The minimum atomic E-state index is -3.03. The number of nitrogens with zero attached hydrogens (tertiary/aromatic N) is 5. The third kappa shape index (κ3) is 5.26. The van der Waals surface area contributed by atoms with E-state index in [1.165, 1.54) is 47.8 Å². The van der Waals surface area contributed by atoms with Crippen LogP contribution in [0.5, 0.6) is 0 Å². The summed E-state index contributed by atoms with van der Waals surface area (Å²) < 4.78 is 7.07. The summed E-state index contributed by atoms with van der Waals surface area (Å²) in [5.74, 6) is 1.84. The van der Waals surface area contributed by atoms with E-state index in [0.717, 1.165) is 50.5 Å².